The number of hydrogen-bond acceptors (Lipinski definition) is 8. The van der Waals surface area contributed by atoms with Crippen molar-refractivity contribution in [3.8, 4) is 0 Å². The van der Waals surface area contributed by atoms with Crippen molar-refractivity contribution in [3.05, 3.63) is 44.7 Å². The van der Waals surface area contributed by atoms with Gasteiger partial charge in [0.1, 0.15) is 15.8 Å². The number of fused-ring (bicyclic) bond motifs is 1. The van der Waals surface area contributed by atoms with Crippen LogP contribution in [-0.2, 0) is 9.53 Å². The van der Waals surface area contributed by atoms with Gasteiger partial charge >= 0.3 is 0 Å². The molecule has 164 valence electrons. The van der Waals surface area contributed by atoms with E-state index in [4.69, 9.17) is 22.1 Å². The first-order valence-electron chi connectivity index (χ1n) is 10.2. The third-order valence-corrected chi connectivity index (χ3v) is 6.57. The maximum absolute atomic E-state index is 13.3. The molecule has 0 aliphatic carbocycles. The van der Waals surface area contributed by atoms with E-state index >= 15 is 0 Å². The lowest BCUT2D eigenvalue weighted by atomic mass is 10.2. The SMILES string of the molecule is Cc1ccc2nc(NCCCO)c(C=C3SC(=S)N(CC4CCCO4)C3=O)c(=O)n2c1. The van der Waals surface area contributed by atoms with E-state index in [1.54, 1.807) is 23.2 Å². The predicted octanol–water partition coefficient (Wildman–Crippen LogP) is 2.18. The van der Waals surface area contributed by atoms with E-state index in [0.717, 1.165) is 18.4 Å². The van der Waals surface area contributed by atoms with Crippen molar-refractivity contribution in [2.75, 3.05) is 31.6 Å². The molecule has 2 aromatic heterocycles. The van der Waals surface area contributed by atoms with Crippen LogP contribution in [0.5, 0.6) is 0 Å². The van der Waals surface area contributed by atoms with Gasteiger partial charge in [-0.3, -0.25) is 18.9 Å². The lowest BCUT2D eigenvalue weighted by molar-refractivity contribution is -0.123. The molecule has 2 aromatic rings. The largest absolute Gasteiger partial charge is 0.396 e. The number of anilines is 1. The smallest absolute Gasteiger partial charge is 0.267 e. The van der Waals surface area contributed by atoms with Crippen LogP contribution in [-0.4, -0.2) is 62.0 Å². The average molecular weight is 461 g/mol. The predicted molar refractivity (Wildman–Crippen MR) is 125 cm³/mol. The Balaban J connectivity index is 1.71. The monoisotopic (exact) mass is 460 g/mol. The van der Waals surface area contributed by atoms with Crippen molar-refractivity contribution in [3.63, 3.8) is 0 Å². The van der Waals surface area contributed by atoms with Crippen molar-refractivity contribution in [2.45, 2.75) is 32.3 Å². The number of carbonyl (C=O) groups excluding carboxylic acids is 1. The summed E-state index contributed by atoms with van der Waals surface area (Å²) in [5.74, 6) is 0.159. The maximum atomic E-state index is 13.3. The van der Waals surface area contributed by atoms with Crippen LogP contribution in [0.25, 0.3) is 11.7 Å². The van der Waals surface area contributed by atoms with E-state index in [1.807, 2.05) is 13.0 Å². The Morgan fingerprint density at radius 1 is 1.42 bits per heavy atom. The minimum absolute atomic E-state index is 0.00602. The highest BCUT2D eigenvalue weighted by Crippen LogP contribution is 2.34. The van der Waals surface area contributed by atoms with Gasteiger partial charge in [-0.1, -0.05) is 30.0 Å². The molecule has 2 aliphatic rings. The molecular weight excluding hydrogens is 436 g/mol. The minimum atomic E-state index is -0.274. The number of aryl methyl sites for hydroxylation is 1. The summed E-state index contributed by atoms with van der Waals surface area (Å²) in [7, 11) is 0. The molecule has 0 bridgehead atoms. The first-order valence-corrected chi connectivity index (χ1v) is 11.4. The molecule has 0 radical (unpaired) electrons. The molecule has 2 fully saturated rings. The number of nitrogens with zero attached hydrogens (tertiary/aromatic N) is 3. The molecular formula is C21H24N4O4S2. The van der Waals surface area contributed by atoms with Gasteiger partial charge in [-0.05, 0) is 43.9 Å². The molecule has 8 nitrogen and oxygen atoms in total. The van der Waals surface area contributed by atoms with Crippen molar-refractivity contribution in [1.29, 1.82) is 0 Å². The summed E-state index contributed by atoms with van der Waals surface area (Å²) >= 11 is 6.60. The van der Waals surface area contributed by atoms with E-state index < -0.39 is 0 Å². The molecule has 0 aromatic carbocycles. The fourth-order valence-electron chi connectivity index (χ4n) is 3.59. The van der Waals surface area contributed by atoms with Gasteiger partial charge in [-0.2, -0.15) is 0 Å². The first kappa shape index (κ1) is 21.9. The van der Waals surface area contributed by atoms with Crippen LogP contribution in [0.2, 0.25) is 0 Å². The second-order valence-corrected chi connectivity index (χ2v) is 9.22. The van der Waals surface area contributed by atoms with E-state index in [2.05, 4.69) is 10.3 Å². The number of nitrogens with one attached hydrogen (secondary N) is 1. The standard InChI is InChI=1S/C21H24N4O4S2/c1-13-5-6-17-23-18(22-7-3-8-26)15(19(27)24(17)11-13)10-16-20(28)25(21(30)31-16)12-14-4-2-9-29-14/h5-6,10-11,14,22,26H,2-4,7-9,12H2,1H3. The topological polar surface area (TPSA) is 96.2 Å². The van der Waals surface area contributed by atoms with Crippen LogP contribution in [0.15, 0.2) is 28.0 Å². The van der Waals surface area contributed by atoms with E-state index in [0.29, 0.717) is 52.4 Å². The molecule has 2 aliphatic heterocycles. The van der Waals surface area contributed by atoms with Gasteiger partial charge in [0.15, 0.2) is 0 Å². The van der Waals surface area contributed by atoms with E-state index in [9.17, 15) is 9.59 Å². The Morgan fingerprint density at radius 3 is 3.00 bits per heavy atom. The summed E-state index contributed by atoms with van der Waals surface area (Å²) in [6.07, 6.45) is 5.69. The van der Waals surface area contributed by atoms with Crippen molar-refractivity contribution in [1.82, 2.24) is 14.3 Å². The quantitative estimate of drug-likeness (QED) is 0.369. The molecule has 0 saturated carbocycles. The van der Waals surface area contributed by atoms with Gasteiger partial charge in [-0.15, -0.1) is 0 Å². The molecule has 2 N–H and O–H groups in total. The molecule has 0 spiro atoms. The number of thiocarbonyl (C=S) groups is 1. The van der Waals surface area contributed by atoms with Crippen LogP contribution < -0.4 is 10.9 Å². The van der Waals surface area contributed by atoms with Gasteiger partial charge in [-0.25, -0.2) is 4.98 Å². The highest BCUT2D eigenvalue weighted by Gasteiger charge is 2.35. The normalized spacial score (nSPS) is 20.4. The molecule has 4 rings (SSSR count). The summed E-state index contributed by atoms with van der Waals surface area (Å²) < 4.78 is 7.58. The van der Waals surface area contributed by atoms with E-state index in [1.165, 1.54) is 16.2 Å². The maximum Gasteiger partial charge on any atom is 0.267 e. The van der Waals surface area contributed by atoms with Gasteiger partial charge in [0.05, 0.1) is 23.1 Å². The fraction of sp³-hybridized carbons (Fsp3) is 0.429. The lowest BCUT2D eigenvalue weighted by Gasteiger charge is -2.18. The number of ether oxygens (including phenoxy) is 1. The number of aliphatic hydroxyl groups is 1. The second-order valence-electron chi connectivity index (χ2n) is 7.55. The fourth-order valence-corrected chi connectivity index (χ4v) is 4.85. The Kier molecular flexibility index (Phi) is 6.71. The van der Waals surface area contributed by atoms with Crippen molar-refractivity contribution < 1.29 is 14.6 Å². The molecule has 4 heterocycles. The lowest BCUT2D eigenvalue weighted by Crippen LogP contribution is -2.35. The van der Waals surface area contributed by atoms with Gasteiger partial charge in [0.25, 0.3) is 11.5 Å². The highest BCUT2D eigenvalue weighted by atomic mass is 32.2. The number of carbonyl (C=O) groups is 1. The Hall–Kier alpha value is -2.27. The number of pyridine rings is 1. The van der Waals surface area contributed by atoms with Crippen LogP contribution in [0.4, 0.5) is 5.82 Å². The molecule has 31 heavy (non-hydrogen) atoms. The van der Waals surface area contributed by atoms with Crippen LogP contribution >= 0.6 is 24.0 Å². The summed E-state index contributed by atoms with van der Waals surface area (Å²) in [5.41, 5.74) is 1.44. The summed E-state index contributed by atoms with van der Waals surface area (Å²) in [5, 5.41) is 12.2. The minimum Gasteiger partial charge on any atom is -0.396 e. The summed E-state index contributed by atoms with van der Waals surface area (Å²) in [6, 6.07) is 3.66. The molecule has 1 atom stereocenters. The van der Waals surface area contributed by atoms with Gasteiger partial charge in [0, 0.05) is 26.0 Å². The van der Waals surface area contributed by atoms with Crippen molar-refractivity contribution in [2.24, 2.45) is 0 Å². The molecule has 10 heteroatoms. The number of aromatic nitrogens is 2. The zero-order valence-electron chi connectivity index (χ0n) is 17.2. The highest BCUT2D eigenvalue weighted by molar-refractivity contribution is 8.26. The Morgan fingerprint density at radius 2 is 2.26 bits per heavy atom. The van der Waals surface area contributed by atoms with Gasteiger partial charge < -0.3 is 15.2 Å². The number of hydrogen-bond donors (Lipinski definition) is 2. The first-order chi connectivity index (χ1) is 15.0. The zero-order chi connectivity index (χ0) is 22.0. The summed E-state index contributed by atoms with van der Waals surface area (Å²) in [6.45, 7) is 3.51. The Labute approximate surface area is 189 Å². The molecule has 1 unspecified atom stereocenters. The van der Waals surface area contributed by atoms with Crippen LogP contribution in [0.1, 0.15) is 30.4 Å². The van der Waals surface area contributed by atoms with Crippen LogP contribution in [0, 0.1) is 6.92 Å². The third-order valence-electron chi connectivity index (χ3n) is 5.19. The summed E-state index contributed by atoms with van der Waals surface area (Å²) in [4.78, 5) is 32.8. The third kappa shape index (κ3) is 4.67. The van der Waals surface area contributed by atoms with Crippen LogP contribution in [0.3, 0.4) is 0 Å². The van der Waals surface area contributed by atoms with E-state index in [-0.39, 0.29) is 24.2 Å². The number of aliphatic hydroxyl groups excluding tert-OH is 1. The number of thioether (sulfide) groups is 1. The Bertz CT molecular complexity index is 1110. The zero-order valence-corrected chi connectivity index (χ0v) is 18.8. The average Bonchev–Trinajstić information content (AvgIpc) is 3.35. The number of amides is 1. The molecule has 2 saturated heterocycles. The number of rotatable bonds is 7. The second kappa shape index (κ2) is 9.47. The van der Waals surface area contributed by atoms with Crippen molar-refractivity contribution >= 4 is 51.7 Å². The molecule has 1 amide bonds. The van der Waals surface area contributed by atoms with Gasteiger partial charge in [0.2, 0.25) is 0 Å².